The summed E-state index contributed by atoms with van der Waals surface area (Å²) >= 11 is -2.00. The first-order chi connectivity index (χ1) is 5.20. The molecule has 64 valence electrons. The molecule has 1 aliphatic rings. The van der Waals surface area contributed by atoms with Crippen LogP contribution in [0.1, 0.15) is 33.1 Å². The molecule has 1 saturated heterocycles. The average Bonchev–Trinajstić information content (AvgIpc) is 1.88. The van der Waals surface area contributed by atoms with E-state index in [-0.39, 0.29) is 0 Å². The van der Waals surface area contributed by atoms with Crippen molar-refractivity contribution in [2.24, 2.45) is 0 Å². The van der Waals surface area contributed by atoms with Crippen LogP contribution in [-0.4, -0.2) is 12.1 Å². The van der Waals surface area contributed by atoms with Crippen molar-refractivity contribution in [1.29, 1.82) is 0 Å². The van der Waals surface area contributed by atoms with E-state index in [1.165, 1.54) is 19.3 Å². The summed E-state index contributed by atoms with van der Waals surface area (Å²) in [6.07, 6.45) is 4.14. The molecule has 1 heterocycles. The summed E-state index contributed by atoms with van der Waals surface area (Å²) in [6, 6.07) is 1.53. The Balaban J connectivity index is 0.000000292. The van der Waals surface area contributed by atoms with Gasteiger partial charge in [-0.25, -0.2) is 0 Å². The zero-order valence-corrected chi connectivity index (χ0v) is 8.65. The minimum absolute atomic E-state index is 0.763. The fraction of sp³-hybridized carbons (Fsp3) is 1.00. The van der Waals surface area contributed by atoms with E-state index in [0.29, 0.717) is 0 Å². The molecule has 11 heavy (non-hydrogen) atoms. The normalized spacial score (nSPS) is 29.6. The second-order valence-corrected chi connectivity index (χ2v) is 3.24. The second kappa shape index (κ2) is 6.95. The molecule has 0 aromatic carbocycles. The molecular formula is C7H15NO2Ti. The summed E-state index contributed by atoms with van der Waals surface area (Å²) in [7, 11) is 0. The Hall–Kier alpha value is 0.274. The summed E-state index contributed by atoms with van der Waals surface area (Å²) in [4.78, 5) is 0. The van der Waals surface area contributed by atoms with E-state index in [4.69, 9.17) is 6.65 Å². The van der Waals surface area contributed by atoms with Crippen molar-refractivity contribution < 1.29 is 25.7 Å². The predicted octanol–water partition coefficient (Wildman–Crippen LogP) is 1.30. The van der Waals surface area contributed by atoms with Crippen LogP contribution in [0.4, 0.5) is 0 Å². The van der Waals surface area contributed by atoms with Crippen molar-refractivity contribution in [3.05, 3.63) is 0 Å². The summed E-state index contributed by atoms with van der Waals surface area (Å²) in [5, 5.41) is 3.48. The number of nitrogens with one attached hydrogen (secondary N) is 1. The van der Waals surface area contributed by atoms with Crippen LogP contribution in [0.2, 0.25) is 0 Å². The zero-order chi connectivity index (χ0) is 8.69. The molecule has 1 rings (SSSR count). The Bertz CT molecular complexity index is 126. The summed E-state index contributed by atoms with van der Waals surface area (Å²) in [5.41, 5.74) is 0. The Morgan fingerprint density at radius 3 is 1.73 bits per heavy atom. The molecule has 2 unspecified atom stereocenters. The zero-order valence-electron chi connectivity index (χ0n) is 7.09. The van der Waals surface area contributed by atoms with Gasteiger partial charge in [0, 0.05) is 12.1 Å². The molecule has 3 nitrogen and oxygen atoms in total. The molecule has 0 saturated carbocycles. The van der Waals surface area contributed by atoms with E-state index in [1.54, 1.807) is 0 Å². The van der Waals surface area contributed by atoms with Crippen molar-refractivity contribution in [3.63, 3.8) is 0 Å². The first-order valence-electron chi connectivity index (χ1n) is 3.96. The van der Waals surface area contributed by atoms with E-state index in [2.05, 4.69) is 19.2 Å². The van der Waals surface area contributed by atoms with Gasteiger partial charge in [-0.2, -0.15) is 0 Å². The molecule has 2 atom stereocenters. The van der Waals surface area contributed by atoms with Crippen LogP contribution in [-0.2, 0) is 25.7 Å². The molecule has 1 aliphatic heterocycles. The summed E-state index contributed by atoms with van der Waals surface area (Å²) in [6.45, 7) is 4.52. The average molecular weight is 193 g/mol. The Morgan fingerprint density at radius 1 is 1.18 bits per heavy atom. The van der Waals surface area contributed by atoms with Crippen LogP contribution in [0.5, 0.6) is 0 Å². The monoisotopic (exact) mass is 193 g/mol. The number of piperidine rings is 1. The van der Waals surface area contributed by atoms with Gasteiger partial charge in [-0.1, -0.05) is 6.42 Å². The molecule has 0 amide bonds. The van der Waals surface area contributed by atoms with Gasteiger partial charge in [-0.15, -0.1) is 0 Å². The molecular weight excluding hydrogens is 178 g/mol. The van der Waals surface area contributed by atoms with Gasteiger partial charge >= 0.3 is 25.7 Å². The maximum absolute atomic E-state index is 8.50. The van der Waals surface area contributed by atoms with Crippen molar-refractivity contribution >= 4 is 0 Å². The van der Waals surface area contributed by atoms with Crippen LogP contribution in [0.15, 0.2) is 0 Å². The van der Waals surface area contributed by atoms with E-state index in [0.717, 1.165) is 12.1 Å². The van der Waals surface area contributed by atoms with E-state index < -0.39 is 19.1 Å². The molecule has 0 radical (unpaired) electrons. The molecule has 0 aliphatic carbocycles. The van der Waals surface area contributed by atoms with Gasteiger partial charge in [-0.05, 0) is 26.7 Å². The van der Waals surface area contributed by atoms with Crippen molar-refractivity contribution in [2.75, 3.05) is 0 Å². The van der Waals surface area contributed by atoms with Crippen LogP contribution in [0.25, 0.3) is 0 Å². The third-order valence-electron chi connectivity index (χ3n) is 1.84. The van der Waals surface area contributed by atoms with Crippen LogP contribution < -0.4 is 5.32 Å². The second-order valence-electron chi connectivity index (χ2n) is 2.98. The SMILES string of the molecule is CC1CCCC(C)N1.[O]=[Ti]=[O]. The quantitative estimate of drug-likeness (QED) is 0.589. The third-order valence-corrected chi connectivity index (χ3v) is 1.84. The van der Waals surface area contributed by atoms with Crippen molar-refractivity contribution in [1.82, 2.24) is 5.32 Å². The van der Waals surface area contributed by atoms with Gasteiger partial charge < -0.3 is 5.32 Å². The molecule has 0 bridgehead atoms. The van der Waals surface area contributed by atoms with Gasteiger partial charge in [0.1, 0.15) is 0 Å². The first kappa shape index (κ1) is 11.3. The van der Waals surface area contributed by atoms with Gasteiger partial charge in [0.15, 0.2) is 0 Å². The third kappa shape index (κ3) is 6.66. The Labute approximate surface area is 76.5 Å². The number of hydrogen-bond acceptors (Lipinski definition) is 3. The predicted molar refractivity (Wildman–Crippen MR) is 37.3 cm³/mol. The number of hydrogen-bond donors (Lipinski definition) is 1. The van der Waals surface area contributed by atoms with E-state index >= 15 is 0 Å². The number of rotatable bonds is 0. The van der Waals surface area contributed by atoms with Crippen molar-refractivity contribution in [2.45, 2.75) is 45.2 Å². The summed E-state index contributed by atoms with van der Waals surface area (Å²) in [5.74, 6) is 0. The minimum atomic E-state index is -2.00. The van der Waals surface area contributed by atoms with Gasteiger partial charge in [0.2, 0.25) is 0 Å². The van der Waals surface area contributed by atoms with Gasteiger partial charge in [0.05, 0.1) is 0 Å². The van der Waals surface area contributed by atoms with Gasteiger partial charge in [0.25, 0.3) is 0 Å². The summed E-state index contributed by atoms with van der Waals surface area (Å²) < 4.78 is 17.0. The fourth-order valence-corrected chi connectivity index (χ4v) is 1.38. The standard InChI is InChI=1S/C7H15N.2O.Ti/c1-6-4-3-5-7(2)8-6;;;/h6-8H,3-5H2,1-2H3;;;. The van der Waals surface area contributed by atoms with Crippen LogP contribution >= 0.6 is 0 Å². The topological polar surface area (TPSA) is 46.2 Å². The molecule has 1 N–H and O–H groups in total. The molecule has 0 aromatic heterocycles. The Kier molecular flexibility index (Phi) is 7.13. The molecule has 4 heteroatoms. The van der Waals surface area contributed by atoms with Crippen molar-refractivity contribution in [3.8, 4) is 0 Å². The van der Waals surface area contributed by atoms with Gasteiger partial charge in [-0.3, -0.25) is 0 Å². The maximum atomic E-state index is 8.50. The molecule has 0 spiro atoms. The van der Waals surface area contributed by atoms with Crippen LogP contribution in [0, 0.1) is 0 Å². The molecule has 1 fully saturated rings. The van der Waals surface area contributed by atoms with E-state index in [9.17, 15) is 0 Å². The first-order valence-corrected chi connectivity index (χ1v) is 5.23. The fourth-order valence-electron chi connectivity index (χ4n) is 1.38. The Morgan fingerprint density at radius 2 is 1.55 bits per heavy atom. The molecule has 0 aromatic rings. The van der Waals surface area contributed by atoms with Crippen LogP contribution in [0.3, 0.4) is 0 Å². The van der Waals surface area contributed by atoms with E-state index in [1.807, 2.05) is 0 Å².